The standard InChI is InChI=1S/C10H18N2OS/c1-4-5-9(11)10(13)12-8(2)6-7-14-3/h1,8-9H,5-7,11H2,2-3H3,(H,12,13). The van der Waals surface area contributed by atoms with Gasteiger partial charge in [0.1, 0.15) is 0 Å². The Kier molecular flexibility index (Phi) is 7.35. The lowest BCUT2D eigenvalue weighted by atomic mass is 10.2. The van der Waals surface area contributed by atoms with Crippen molar-refractivity contribution in [1.82, 2.24) is 5.32 Å². The Labute approximate surface area is 90.2 Å². The molecule has 1 amide bonds. The van der Waals surface area contributed by atoms with E-state index in [0.717, 1.165) is 12.2 Å². The summed E-state index contributed by atoms with van der Waals surface area (Å²) in [7, 11) is 0. The van der Waals surface area contributed by atoms with Gasteiger partial charge in [0.05, 0.1) is 6.04 Å². The zero-order valence-electron chi connectivity index (χ0n) is 8.75. The summed E-state index contributed by atoms with van der Waals surface area (Å²) < 4.78 is 0. The molecule has 0 aromatic heterocycles. The molecular weight excluding hydrogens is 196 g/mol. The zero-order chi connectivity index (χ0) is 11.0. The van der Waals surface area contributed by atoms with Crippen molar-refractivity contribution < 1.29 is 4.79 Å². The minimum Gasteiger partial charge on any atom is -0.352 e. The van der Waals surface area contributed by atoms with Crippen LogP contribution in [0.15, 0.2) is 0 Å². The summed E-state index contributed by atoms with van der Waals surface area (Å²) >= 11 is 1.76. The van der Waals surface area contributed by atoms with Crippen molar-refractivity contribution in [2.75, 3.05) is 12.0 Å². The molecule has 0 heterocycles. The summed E-state index contributed by atoms with van der Waals surface area (Å²) in [4.78, 5) is 11.4. The van der Waals surface area contributed by atoms with E-state index < -0.39 is 6.04 Å². The predicted octanol–water partition coefficient (Wildman–Crippen LogP) is 0.595. The fourth-order valence-corrected chi connectivity index (χ4v) is 1.53. The molecule has 3 N–H and O–H groups in total. The molecule has 2 atom stereocenters. The van der Waals surface area contributed by atoms with Crippen molar-refractivity contribution in [1.29, 1.82) is 0 Å². The first-order valence-electron chi connectivity index (χ1n) is 4.60. The van der Waals surface area contributed by atoms with Crippen LogP contribution in [-0.2, 0) is 4.79 Å². The van der Waals surface area contributed by atoms with Crippen molar-refractivity contribution in [3.05, 3.63) is 0 Å². The number of rotatable bonds is 6. The van der Waals surface area contributed by atoms with Crippen molar-refractivity contribution in [2.24, 2.45) is 5.73 Å². The van der Waals surface area contributed by atoms with Crippen LogP contribution < -0.4 is 11.1 Å². The minimum absolute atomic E-state index is 0.156. The van der Waals surface area contributed by atoms with Gasteiger partial charge in [0, 0.05) is 12.5 Å². The maximum atomic E-state index is 11.4. The lowest BCUT2D eigenvalue weighted by Crippen LogP contribution is -2.44. The summed E-state index contributed by atoms with van der Waals surface area (Å²) in [5, 5.41) is 2.83. The topological polar surface area (TPSA) is 55.1 Å². The molecule has 14 heavy (non-hydrogen) atoms. The lowest BCUT2D eigenvalue weighted by Gasteiger charge is -2.15. The Morgan fingerprint density at radius 3 is 2.86 bits per heavy atom. The van der Waals surface area contributed by atoms with E-state index in [2.05, 4.69) is 11.2 Å². The summed E-state index contributed by atoms with van der Waals surface area (Å²) in [6, 6.07) is -0.407. The quantitative estimate of drug-likeness (QED) is 0.636. The van der Waals surface area contributed by atoms with Crippen molar-refractivity contribution in [3.63, 3.8) is 0 Å². The van der Waals surface area contributed by atoms with E-state index in [9.17, 15) is 4.79 Å². The molecule has 0 aliphatic rings. The van der Waals surface area contributed by atoms with Crippen LogP contribution in [0.4, 0.5) is 0 Å². The average Bonchev–Trinajstić information content (AvgIpc) is 2.15. The molecule has 0 aromatic rings. The Balaban J connectivity index is 3.76. The maximum absolute atomic E-state index is 11.4. The molecule has 0 fully saturated rings. The van der Waals surface area contributed by atoms with Gasteiger partial charge in [-0.05, 0) is 25.4 Å². The highest BCUT2D eigenvalue weighted by Gasteiger charge is 2.13. The van der Waals surface area contributed by atoms with E-state index in [-0.39, 0.29) is 11.9 Å². The van der Waals surface area contributed by atoms with Crippen molar-refractivity contribution in [2.45, 2.75) is 31.8 Å². The van der Waals surface area contributed by atoms with Crippen LogP contribution in [-0.4, -0.2) is 30.0 Å². The average molecular weight is 214 g/mol. The van der Waals surface area contributed by atoms with Gasteiger partial charge in [0.25, 0.3) is 0 Å². The van der Waals surface area contributed by atoms with Crippen LogP contribution >= 0.6 is 11.8 Å². The molecule has 0 saturated heterocycles. The Morgan fingerprint density at radius 1 is 1.71 bits per heavy atom. The minimum atomic E-state index is -0.572. The molecule has 0 aliphatic heterocycles. The second-order valence-corrected chi connectivity index (χ2v) is 4.19. The van der Waals surface area contributed by atoms with Gasteiger partial charge in [-0.25, -0.2) is 0 Å². The smallest absolute Gasteiger partial charge is 0.238 e. The number of carbonyl (C=O) groups is 1. The SMILES string of the molecule is C#CCC(N)C(=O)NC(C)CCSC. The Hall–Kier alpha value is -0.660. The van der Waals surface area contributed by atoms with E-state index in [0.29, 0.717) is 6.42 Å². The molecule has 4 heteroatoms. The molecule has 3 nitrogen and oxygen atoms in total. The molecule has 0 bridgehead atoms. The zero-order valence-corrected chi connectivity index (χ0v) is 9.56. The first-order chi connectivity index (χ1) is 6.61. The second-order valence-electron chi connectivity index (χ2n) is 3.21. The van der Waals surface area contributed by atoms with Crippen molar-refractivity contribution >= 4 is 17.7 Å². The fraction of sp³-hybridized carbons (Fsp3) is 0.700. The van der Waals surface area contributed by atoms with Crippen LogP contribution in [0.2, 0.25) is 0 Å². The number of nitrogens with two attached hydrogens (primary N) is 1. The van der Waals surface area contributed by atoms with E-state index in [1.165, 1.54) is 0 Å². The number of amides is 1. The highest BCUT2D eigenvalue weighted by molar-refractivity contribution is 7.98. The third-order valence-electron chi connectivity index (χ3n) is 1.82. The number of thioether (sulfide) groups is 1. The normalized spacial score (nSPS) is 14.1. The number of nitrogens with one attached hydrogen (secondary N) is 1. The molecular formula is C10H18N2OS. The van der Waals surface area contributed by atoms with Crippen LogP contribution in [0.25, 0.3) is 0 Å². The molecule has 0 radical (unpaired) electrons. The number of hydrogen-bond acceptors (Lipinski definition) is 3. The molecule has 0 aromatic carbocycles. The second kappa shape index (κ2) is 7.72. The van der Waals surface area contributed by atoms with Gasteiger partial charge in [-0.2, -0.15) is 11.8 Å². The molecule has 0 spiro atoms. The third kappa shape index (κ3) is 5.90. The van der Waals surface area contributed by atoms with E-state index >= 15 is 0 Å². The lowest BCUT2D eigenvalue weighted by molar-refractivity contribution is -0.122. The summed E-state index contributed by atoms with van der Waals surface area (Å²) in [5.41, 5.74) is 5.54. The molecule has 80 valence electrons. The Morgan fingerprint density at radius 2 is 2.36 bits per heavy atom. The van der Waals surface area contributed by atoms with Gasteiger partial charge in [-0.1, -0.05) is 0 Å². The van der Waals surface area contributed by atoms with E-state index in [4.69, 9.17) is 12.2 Å². The summed E-state index contributed by atoms with van der Waals surface area (Å²) in [6.07, 6.45) is 8.35. The highest BCUT2D eigenvalue weighted by atomic mass is 32.2. The largest absolute Gasteiger partial charge is 0.352 e. The van der Waals surface area contributed by atoms with E-state index in [1.54, 1.807) is 11.8 Å². The van der Waals surface area contributed by atoms with Crippen LogP contribution in [0.1, 0.15) is 19.8 Å². The van der Waals surface area contributed by atoms with Gasteiger partial charge in [-0.3, -0.25) is 4.79 Å². The molecule has 0 saturated carbocycles. The third-order valence-corrected chi connectivity index (χ3v) is 2.46. The Bertz CT molecular complexity index is 213. The summed E-state index contributed by atoms with van der Waals surface area (Å²) in [6.45, 7) is 1.97. The van der Waals surface area contributed by atoms with Gasteiger partial charge in [0.2, 0.25) is 5.91 Å². The number of carbonyl (C=O) groups excluding carboxylic acids is 1. The van der Waals surface area contributed by atoms with Gasteiger partial charge in [0.15, 0.2) is 0 Å². The van der Waals surface area contributed by atoms with Gasteiger partial charge >= 0.3 is 0 Å². The fourth-order valence-electron chi connectivity index (χ4n) is 0.936. The van der Waals surface area contributed by atoms with Crippen LogP contribution in [0, 0.1) is 12.3 Å². The first kappa shape index (κ1) is 13.3. The molecule has 0 rings (SSSR count). The monoisotopic (exact) mass is 214 g/mol. The highest BCUT2D eigenvalue weighted by Crippen LogP contribution is 2.00. The first-order valence-corrected chi connectivity index (χ1v) is 5.99. The number of terminal acetylenes is 1. The predicted molar refractivity (Wildman–Crippen MR) is 62.0 cm³/mol. The molecule has 2 unspecified atom stereocenters. The summed E-state index contributed by atoms with van der Waals surface area (Å²) in [5.74, 6) is 3.25. The number of hydrogen-bond donors (Lipinski definition) is 2. The molecule has 0 aliphatic carbocycles. The van der Waals surface area contributed by atoms with Crippen LogP contribution in [0.5, 0.6) is 0 Å². The van der Waals surface area contributed by atoms with Crippen molar-refractivity contribution in [3.8, 4) is 12.3 Å². The van der Waals surface area contributed by atoms with Crippen LogP contribution in [0.3, 0.4) is 0 Å². The van der Waals surface area contributed by atoms with E-state index in [1.807, 2.05) is 13.2 Å². The maximum Gasteiger partial charge on any atom is 0.238 e. The van der Waals surface area contributed by atoms with Gasteiger partial charge in [-0.15, -0.1) is 12.3 Å². The van der Waals surface area contributed by atoms with Gasteiger partial charge < -0.3 is 11.1 Å².